The number of anilines is 2. The van der Waals surface area contributed by atoms with E-state index in [4.69, 9.17) is 21.6 Å². The van der Waals surface area contributed by atoms with Gasteiger partial charge < -0.3 is 25.2 Å². The Hall–Kier alpha value is -5.51. The summed E-state index contributed by atoms with van der Waals surface area (Å²) in [5, 5.41) is 16.2. The molecule has 50 heavy (non-hydrogen) atoms. The molecule has 1 fully saturated rings. The molecule has 0 aliphatic carbocycles. The summed E-state index contributed by atoms with van der Waals surface area (Å²) >= 11 is 6.56. The fraction of sp³-hybridized carbons (Fsp3) is 0.200. The van der Waals surface area contributed by atoms with Crippen LogP contribution in [0, 0.1) is 0 Å². The molecule has 1 aliphatic rings. The normalized spacial score (nSPS) is 14.0. The summed E-state index contributed by atoms with van der Waals surface area (Å²) in [6, 6.07) is 36.8. The molecule has 0 bridgehead atoms. The number of aromatic nitrogens is 3. The van der Waals surface area contributed by atoms with Crippen molar-refractivity contribution >= 4 is 46.0 Å². The highest BCUT2D eigenvalue weighted by Crippen LogP contribution is 2.41. The van der Waals surface area contributed by atoms with E-state index in [1.54, 1.807) is 4.90 Å². The molecule has 1 aliphatic heterocycles. The first kappa shape index (κ1) is 33.0. The molecule has 0 atom stereocenters. The lowest BCUT2D eigenvalue weighted by atomic mass is 9.80. The van der Waals surface area contributed by atoms with Gasteiger partial charge in [0.1, 0.15) is 17.2 Å². The smallest absolute Gasteiger partial charge is 0.270 e. The first-order chi connectivity index (χ1) is 24.3. The van der Waals surface area contributed by atoms with Crippen molar-refractivity contribution < 1.29 is 14.7 Å². The third kappa shape index (κ3) is 6.70. The number of aliphatic hydroxyl groups is 1. The first-order valence-corrected chi connectivity index (χ1v) is 17.1. The van der Waals surface area contributed by atoms with Crippen molar-refractivity contribution in [2.75, 3.05) is 31.1 Å². The van der Waals surface area contributed by atoms with Crippen LogP contribution in [0.2, 0.25) is 5.02 Å². The first-order valence-electron chi connectivity index (χ1n) is 16.7. The quantitative estimate of drug-likeness (QED) is 0.147. The van der Waals surface area contributed by atoms with E-state index in [0.29, 0.717) is 72.4 Å². The van der Waals surface area contributed by atoms with Crippen molar-refractivity contribution in [3.63, 3.8) is 0 Å². The largest absolute Gasteiger partial charge is 0.385 e. The molecule has 0 unspecified atom stereocenters. The van der Waals surface area contributed by atoms with Crippen LogP contribution >= 0.6 is 11.6 Å². The Morgan fingerprint density at radius 3 is 2.22 bits per heavy atom. The highest BCUT2D eigenvalue weighted by molar-refractivity contribution is 6.33. The maximum absolute atomic E-state index is 14.1. The van der Waals surface area contributed by atoms with Crippen molar-refractivity contribution in [1.82, 2.24) is 25.2 Å². The maximum Gasteiger partial charge on any atom is 0.270 e. The zero-order valence-corrected chi connectivity index (χ0v) is 28.4. The number of piperidine rings is 1. The number of hydrogen-bond acceptors (Lipinski definition) is 6. The van der Waals surface area contributed by atoms with Crippen LogP contribution in [0.3, 0.4) is 0 Å². The summed E-state index contributed by atoms with van der Waals surface area (Å²) in [5.74, 6) is 0.826. The molecule has 0 saturated carbocycles. The Labute approximate surface area is 295 Å². The Morgan fingerprint density at radius 2 is 1.52 bits per heavy atom. The molecule has 10 heteroatoms. The number of H-pyrrole nitrogens is 1. The summed E-state index contributed by atoms with van der Waals surface area (Å²) < 4.78 is 0. The molecule has 252 valence electrons. The predicted octanol–water partition coefficient (Wildman–Crippen LogP) is 7.34. The minimum atomic E-state index is -1.12. The number of carbonyl (C=O) groups is 2. The van der Waals surface area contributed by atoms with E-state index in [1.165, 1.54) is 6.92 Å². The van der Waals surface area contributed by atoms with Gasteiger partial charge in [0.05, 0.1) is 11.0 Å². The maximum atomic E-state index is 14.1. The lowest BCUT2D eigenvalue weighted by Crippen LogP contribution is -2.45. The molecule has 9 nitrogen and oxygen atoms in total. The van der Waals surface area contributed by atoms with E-state index in [-0.39, 0.29) is 11.8 Å². The topological polar surface area (TPSA) is 114 Å². The minimum absolute atomic E-state index is 0.119. The van der Waals surface area contributed by atoms with Gasteiger partial charge in [-0.2, -0.15) is 0 Å². The Morgan fingerprint density at radius 1 is 0.880 bits per heavy atom. The number of rotatable bonds is 9. The van der Waals surface area contributed by atoms with Crippen LogP contribution in [0.1, 0.15) is 35.8 Å². The average molecular weight is 685 g/mol. The van der Waals surface area contributed by atoms with Gasteiger partial charge in [0.25, 0.3) is 5.91 Å². The summed E-state index contributed by atoms with van der Waals surface area (Å²) in [6.45, 7) is 3.05. The number of nitrogens with zero attached hydrogens (tertiary/aromatic N) is 4. The average Bonchev–Trinajstić information content (AvgIpc) is 3.59. The molecule has 2 aromatic heterocycles. The van der Waals surface area contributed by atoms with E-state index in [0.717, 1.165) is 27.9 Å². The van der Waals surface area contributed by atoms with E-state index in [2.05, 4.69) is 10.3 Å². The Balaban J connectivity index is 1.21. The minimum Gasteiger partial charge on any atom is -0.385 e. The van der Waals surface area contributed by atoms with Crippen LogP contribution in [-0.4, -0.2) is 63.0 Å². The van der Waals surface area contributed by atoms with Gasteiger partial charge in [-0.15, -0.1) is 0 Å². The molecule has 3 heterocycles. The molecular formula is C40H37ClN6O3. The standard InChI is InChI=1S/C40H37ClN6O3/c1-27(48)42-22-25-47(29-14-6-3-7-15-29)38-32-26-35(43-37(32)44-36(45-38)28-12-4-2-5-13-28)39(49)46-23-20-40(50,21-24-46)33-18-10-8-16-30(33)31-17-9-11-19-34(31)41/h2-19,26,50H,20-25H2,1H3,(H,42,48)(H,43,44,45). The number of aromatic amines is 1. The van der Waals surface area contributed by atoms with Crippen LogP contribution in [-0.2, 0) is 10.4 Å². The van der Waals surface area contributed by atoms with Crippen LogP contribution in [0.15, 0.2) is 115 Å². The molecular weight excluding hydrogens is 648 g/mol. The van der Waals surface area contributed by atoms with Gasteiger partial charge in [-0.1, -0.05) is 103 Å². The number of carbonyl (C=O) groups excluding carboxylic acids is 2. The van der Waals surface area contributed by atoms with Gasteiger partial charge in [-0.05, 0) is 48.2 Å². The second-order valence-electron chi connectivity index (χ2n) is 12.5. The van der Waals surface area contributed by atoms with Gasteiger partial charge >= 0.3 is 0 Å². The molecule has 3 N–H and O–H groups in total. The molecule has 1 saturated heterocycles. The number of benzene rings is 4. The monoisotopic (exact) mass is 684 g/mol. The third-order valence-electron chi connectivity index (χ3n) is 9.23. The highest BCUT2D eigenvalue weighted by atomic mass is 35.5. The van der Waals surface area contributed by atoms with Crippen molar-refractivity contribution in [3.05, 3.63) is 132 Å². The van der Waals surface area contributed by atoms with Gasteiger partial charge in [-0.3, -0.25) is 9.59 Å². The number of nitrogens with one attached hydrogen (secondary N) is 2. The van der Waals surface area contributed by atoms with Crippen molar-refractivity contribution in [1.29, 1.82) is 0 Å². The fourth-order valence-electron chi connectivity index (χ4n) is 6.66. The molecule has 6 aromatic rings. The molecule has 4 aromatic carbocycles. The number of fused-ring (bicyclic) bond motifs is 1. The van der Waals surface area contributed by atoms with Crippen LogP contribution in [0.25, 0.3) is 33.5 Å². The number of halogens is 1. The molecule has 7 rings (SSSR count). The number of amides is 2. The van der Waals surface area contributed by atoms with Crippen molar-refractivity contribution in [2.24, 2.45) is 0 Å². The summed E-state index contributed by atoms with van der Waals surface area (Å²) in [6.07, 6.45) is 0.739. The van der Waals surface area contributed by atoms with E-state index in [1.807, 2.05) is 120 Å². The summed E-state index contributed by atoms with van der Waals surface area (Å²) in [4.78, 5) is 42.9. The van der Waals surface area contributed by atoms with Crippen molar-refractivity contribution in [3.8, 4) is 22.5 Å². The van der Waals surface area contributed by atoms with Gasteiger partial charge in [0.15, 0.2) is 5.82 Å². The number of hydrogen-bond donors (Lipinski definition) is 3. The Bertz CT molecular complexity index is 2150. The molecule has 0 spiro atoms. The fourth-order valence-corrected chi connectivity index (χ4v) is 6.90. The molecule has 2 amide bonds. The summed E-state index contributed by atoms with van der Waals surface area (Å²) in [5.41, 5.74) is 4.07. The van der Waals surface area contributed by atoms with Gasteiger partial charge in [0, 0.05) is 54.9 Å². The zero-order chi connectivity index (χ0) is 34.7. The van der Waals surface area contributed by atoms with Crippen molar-refractivity contribution in [2.45, 2.75) is 25.4 Å². The third-order valence-corrected chi connectivity index (χ3v) is 9.56. The Kier molecular flexibility index (Phi) is 9.34. The van der Waals surface area contributed by atoms with E-state index in [9.17, 15) is 14.7 Å². The predicted molar refractivity (Wildman–Crippen MR) is 197 cm³/mol. The lowest BCUT2D eigenvalue weighted by Gasteiger charge is -2.39. The van der Waals surface area contributed by atoms with Crippen LogP contribution in [0.5, 0.6) is 0 Å². The lowest BCUT2D eigenvalue weighted by molar-refractivity contribution is -0.118. The number of likely N-dealkylation sites (tertiary alicyclic amines) is 1. The van der Waals surface area contributed by atoms with E-state index < -0.39 is 5.60 Å². The SMILES string of the molecule is CC(=O)NCCN(c1ccccc1)c1nc(-c2ccccc2)nc2[nH]c(C(=O)N3CCC(O)(c4ccccc4-c4ccccc4Cl)CC3)cc12. The highest BCUT2D eigenvalue weighted by Gasteiger charge is 2.38. The van der Waals surface area contributed by atoms with Gasteiger partial charge in [0.2, 0.25) is 5.91 Å². The zero-order valence-electron chi connectivity index (χ0n) is 27.6. The second kappa shape index (κ2) is 14.2. The van der Waals surface area contributed by atoms with Crippen LogP contribution < -0.4 is 10.2 Å². The van der Waals surface area contributed by atoms with Crippen LogP contribution in [0.4, 0.5) is 11.5 Å². The van der Waals surface area contributed by atoms with E-state index >= 15 is 0 Å². The second-order valence-corrected chi connectivity index (χ2v) is 12.9. The van der Waals surface area contributed by atoms with Gasteiger partial charge in [-0.25, -0.2) is 9.97 Å². The number of para-hydroxylation sites is 1. The summed E-state index contributed by atoms with van der Waals surface area (Å²) in [7, 11) is 0. The molecule has 0 radical (unpaired) electrons.